The van der Waals surface area contributed by atoms with E-state index in [4.69, 9.17) is 0 Å². The van der Waals surface area contributed by atoms with Crippen molar-refractivity contribution in [2.24, 2.45) is 5.92 Å². The molecule has 146 valence electrons. The minimum Gasteiger partial charge on any atom is -0.352 e. The van der Waals surface area contributed by atoms with Gasteiger partial charge in [-0.15, -0.1) is 11.8 Å². The van der Waals surface area contributed by atoms with E-state index in [9.17, 15) is 9.59 Å². The standard InChI is InChI=1S/C19H21N5O2S2/c1-27-14-4-2-12(3-5-14)10-20-17(25)13-6-8-24(9-7-13)19-23-16-15(28-19)18(26)22-11-21-16/h2-5,11,13H,6-10H2,1H3,(H,20,25)(H,21,22,26). The second-order valence-electron chi connectivity index (χ2n) is 6.71. The van der Waals surface area contributed by atoms with E-state index in [0.29, 0.717) is 16.9 Å². The third-order valence-corrected chi connectivity index (χ3v) is 6.80. The number of thiazole rings is 1. The highest BCUT2D eigenvalue weighted by molar-refractivity contribution is 7.98. The number of thioether (sulfide) groups is 1. The first-order chi connectivity index (χ1) is 13.6. The van der Waals surface area contributed by atoms with E-state index in [1.54, 1.807) is 11.8 Å². The highest BCUT2D eigenvalue weighted by Gasteiger charge is 2.26. The van der Waals surface area contributed by atoms with Crippen LogP contribution in [0.15, 0.2) is 40.3 Å². The summed E-state index contributed by atoms with van der Waals surface area (Å²) in [6.07, 6.45) is 4.97. The molecule has 0 saturated carbocycles. The van der Waals surface area contributed by atoms with Crippen molar-refractivity contribution in [2.75, 3.05) is 24.2 Å². The fourth-order valence-corrected chi connectivity index (χ4v) is 4.68. The van der Waals surface area contributed by atoms with E-state index < -0.39 is 0 Å². The molecule has 0 aliphatic carbocycles. The third kappa shape index (κ3) is 4.05. The van der Waals surface area contributed by atoms with E-state index in [1.807, 2.05) is 6.26 Å². The fourth-order valence-electron chi connectivity index (χ4n) is 3.30. The lowest BCUT2D eigenvalue weighted by molar-refractivity contribution is -0.125. The maximum Gasteiger partial charge on any atom is 0.270 e. The molecule has 1 amide bonds. The highest BCUT2D eigenvalue weighted by atomic mass is 32.2. The number of H-pyrrole nitrogens is 1. The molecule has 7 nitrogen and oxygen atoms in total. The average Bonchev–Trinajstić information content (AvgIpc) is 3.18. The summed E-state index contributed by atoms with van der Waals surface area (Å²) in [6, 6.07) is 8.25. The van der Waals surface area contributed by atoms with Crippen molar-refractivity contribution in [3.8, 4) is 0 Å². The lowest BCUT2D eigenvalue weighted by atomic mass is 9.96. The van der Waals surface area contributed by atoms with E-state index in [2.05, 4.69) is 49.4 Å². The first-order valence-corrected chi connectivity index (χ1v) is 11.2. The number of nitrogens with zero attached hydrogens (tertiary/aromatic N) is 3. The monoisotopic (exact) mass is 415 g/mol. The molecule has 0 bridgehead atoms. The molecule has 0 spiro atoms. The Labute approximate surface area is 170 Å². The van der Waals surface area contributed by atoms with Gasteiger partial charge in [-0.25, -0.2) is 4.98 Å². The number of anilines is 1. The van der Waals surface area contributed by atoms with E-state index in [-0.39, 0.29) is 17.4 Å². The van der Waals surface area contributed by atoms with Crippen molar-refractivity contribution in [3.63, 3.8) is 0 Å². The largest absolute Gasteiger partial charge is 0.352 e. The van der Waals surface area contributed by atoms with Crippen LogP contribution in [0.25, 0.3) is 10.3 Å². The van der Waals surface area contributed by atoms with Crippen LogP contribution >= 0.6 is 23.1 Å². The molecule has 2 aromatic heterocycles. The number of nitrogens with one attached hydrogen (secondary N) is 2. The lowest BCUT2D eigenvalue weighted by Crippen LogP contribution is -2.40. The zero-order valence-corrected chi connectivity index (χ0v) is 17.1. The van der Waals surface area contributed by atoms with Gasteiger partial charge in [-0.3, -0.25) is 9.59 Å². The summed E-state index contributed by atoms with van der Waals surface area (Å²) >= 11 is 3.06. The summed E-state index contributed by atoms with van der Waals surface area (Å²) in [6.45, 7) is 2.05. The number of aromatic nitrogens is 3. The van der Waals surface area contributed by atoms with E-state index >= 15 is 0 Å². The van der Waals surface area contributed by atoms with E-state index in [1.165, 1.54) is 22.6 Å². The smallest absolute Gasteiger partial charge is 0.270 e. The van der Waals surface area contributed by atoms with Crippen LogP contribution in [-0.2, 0) is 11.3 Å². The number of hydrogen-bond acceptors (Lipinski definition) is 7. The van der Waals surface area contributed by atoms with Gasteiger partial charge in [-0.2, -0.15) is 4.98 Å². The summed E-state index contributed by atoms with van der Waals surface area (Å²) < 4.78 is 0.546. The summed E-state index contributed by atoms with van der Waals surface area (Å²) in [5, 5.41) is 3.86. The van der Waals surface area contributed by atoms with Gasteiger partial charge in [0.05, 0.1) is 6.33 Å². The summed E-state index contributed by atoms with van der Waals surface area (Å²) in [5.41, 5.74) is 1.43. The van der Waals surface area contributed by atoms with Gasteiger partial charge in [-0.05, 0) is 36.8 Å². The maximum absolute atomic E-state index is 12.5. The second-order valence-corrected chi connectivity index (χ2v) is 8.57. The Balaban J connectivity index is 1.32. The zero-order chi connectivity index (χ0) is 19.5. The lowest BCUT2D eigenvalue weighted by Gasteiger charge is -2.30. The number of carbonyl (C=O) groups excluding carboxylic acids is 1. The van der Waals surface area contributed by atoms with Gasteiger partial charge in [-0.1, -0.05) is 23.5 Å². The Bertz CT molecular complexity index is 1020. The summed E-state index contributed by atoms with van der Waals surface area (Å²) in [5.74, 6) is 0.119. The van der Waals surface area contributed by atoms with Crippen LogP contribution in [0.2, 0.25) is 0 Å². The zero-order valence-electron chi connectivity index (χ0n) is 15.5. The van der Waals surface area contributed by atoms with Gasteiger partial charge >= 0.3 is 0 Å². The first-order valence-electron chi connectivity index (χ1n) is 9.14. The minimum atomic E-state index is -0.159. The molecular formula is C19H21N5O2S2. The Kier molecular flexibility index (Phi) is 5.63. The van der Waals surface area contributed by atoms with Gasteiger partial charge in [0.25, 0.3) is 5.56 Å². The number of benzene rings is 1. The average molecular weight is 416 g/mol. The molecule has 4 rings (SSSR count). The molecule has 0 atom stereocenters. The predicted molar refractivity (Wildman–Crippen MR) is 113 cm³/mol. The summed E-state index contributed by atoms with van der Waals surface area (Å²) in [7, 11) is 0. The normalized spacial score (nSPS) is 15.1. The first kappa shape index (κ1) is 18.9. The number of carbonyl (C=O) groups is 1. The number of aromatic amines is 1. The van der Waals surface area contributed by atoms with Crippen molar-refractivity contribution in [1.82, 2.24) is 20.3 Å². The van der Waals surface area contributed by atoms with Crippen molar-refractivity contribution < 1.29 is 4.79 Å². The maximum atomic E-state index is 12.5. The Hall–Kier alpha value is -2.39. The number of amides is 1. The SMILES string of the molecule is CSc1ccc(CNC(=O)C2CCN(c3nc4nc[nH]c(=O)c4s3)CC2)cc1. The molecule has 0 unspecified atom stereocenters. The molecule has 0 radical (unpaired) electrons. The topological polar surface area (TPSA) is 91.0 Å². The molecule has 1 fully saturated rings. The van der Waals surface area contributed by atoms with Crippen LogP contribution in [0.3, 0.4) is 0 Å². The second kappa shape index (κ2) is 8.32. The number of hydrogen-bond donors (Lipinski definition) is 2. The van der Waals surface area contributed by atoms with Crippen LogP contribution in [0.5, 0.6) is 0 Å². The van der Waals surface area contributed by atoms with Gasteiger partial charge in [0.1, 0.15) is 4.70 Å². The quantitative estimate of drug-likeness (QED) is 0.623. The van der Waals surface area contributed by atoms with Crippen molar-refractivity contribution >= 4 is 44.5 Å². The molecule has 1 aromatic carbocycles. The van der Waals surface area contributed by atoms with Gasteiger partial charge in [0.2, 0.25) is 5.91 Å². The predicted octanol–water partition coefficient (Wildman–Crippen LogP) is 2.63. The number of piperidine rings is 1. The van der Waals surface area contributed by atoms with Crippen molar-refractivity contribution in [3.05, 3.63) is 46.5 Å². The molecule has 9 heteroatoms. The molecule has 28 heavy (non-hydrogen) atoms. The highest BCUT2D eigenvalue weighted by Crippen LogP contribution is 2.29. The molecular weight excluding hydrogens is 394 g/mol. The Morgan fingerprint density at radius 1 is 1.32 bits per heavy atom. The van der Waals surface area contributed by atoms with Crippen LogP contribution in [0.4, 0.5) is 5.13 Å². The van der Waals surface area contributed by atoms with E-state index in [0.717, 1.165) is 36.6 Å². The van der Waals surface area contributed by atoms with Gasteiger partial charge in [0.15, 0.2) is 10.8 Å². The molecule has 2 N–H and O–H groups in total. The van der Waals surface area contributed by atoms with Crippen LogP contribution < -0.4 is 15.8 Å². The molecule has 1 aliphatic rings. The molecule has 1 aliphatic heterocycles. The van der Waals surface area contributed by atoms with Gasteiger partial charge in [0, 0.05) is 30.4 Å². The minimum absolute atomic E-state index is 0.0117. The molecule has 3 aromatic rings. The number of rotatable bonds is 5. The molecule has 1 saturated heterocycles. The van der Waals surface area contributed by atoms with Crippen LogP contribution in [0, 0.1) is 5.92 Å². The summed E-state index contributed by atoms with van der Waals surface area (Å²) in [4.78, 5) is 38.9. The Morgan fingerprint density at radius 3 is 2.75 bits per heavy atom. The third-order valence-electron chi connectivity index (χ3n) is 4.95. The Morgan fingerprint density at radius 2 is 2.07 bits per heavy atom. The van der Waals surface area contributed by atoms with Crippen LogP contribution in [-0.4, -0.2) is 40.2 Å². The van der Waals surface area contributed by atoms with Crippen molar-refractivity contribution in [2.45, 2.75) is 24.3 Å². The fraction of sp³-hybridized carbons (Fsp3) is 0.368. The number of fused-ring (bicyclic) bond motifs is 1. The van der Waals surface area contributed by atoms with Crippen molar-refractivity contribution in [1.29, 1.82) is 0 Å². The van der Waals surface area contributed by atoms with Gasteiger partial charge < -0.3 is 15.2 Å². The molecule has 3 heterocycles. The van der Waals surface area contributed by atoms with Crippen LogP contribution in [0.1, 0.15) is 18.4 Å².